The van der Waals surface area contributed by atoms with Crippen LogP contribution in [0.2, 0.25) is 5.02 Å². The lowest BCUT2D eigenvalue weighted by Gasteiger charge is -2.18. The first kappa shape index (κ1) is 18.3. The van der Waals surface area contributed by atoms with Crippen molar-refractivity contribution in [3.63, 3.8) is 0 Å². The average Bonchev–Trinajstić information content (AvgIpc) is 3.08. The third kappa shape index (κ3) is 3.85. The van der Waals surface area contributed by atoms with E-state index < -0.39 is 0 Å². The number of fused-ring (bicyclic) bond motifs is 1. The van der Waals surface area contributed by atoms with E-state index in [9.17, 15) is 4.79 Å². The lowest BCUT2D eigenvalue weighted by atomic mass is 10.0. The first-order valence-electron chi connectivity index (χ1n) is 8.70. The molecule has 1 atom stereocenters. The van der Waals surface area contributed by atoms with Crippen LogP contribution in [0, 0.1) is 13.8 Å². The van der Waals surface area contributed by atoms with Crippen molar-refractivity contribution in [3.8, 4) is 0 Å². The van der Waals surface area contributed by atoms with Gasteiger partial charge in [-0.15, -0.1) is 0 Å². The Morgan fingerprint density at radius 3 is 2.88 bits per heavy atom. The van der Waals surface area contributed by atoms with Crippen molar-refractivity contribution in [2.45, 2.75) is 46.1 Å². The number of nitrogens with one attached hydrogen (secondary N) is 1. The van der Waals surface area contributed by atoms with Crippen LogP contribution in [0.15, 0.2) is 30.6 Å². The number of aryl methyl sites for hydroxylation is 2. The number of carbonyl (C=O) groups is 1. The van der Waals surface area contributed by atoms with Crippen molar-refractivity contribution in [3.05, 3.63) is 58.1 Å². The lowest BCUT2D eigenvalue weighted by Crippen LogP contribution is -2.28. The summed E-state index contributed by atoms with van der Waals surface area (Å²) in [5.74, 6) is 0.592. The molecule has 0 saturated carbocycles. The number of carbonyl (C=O) groups excluding carboxylic acids is 1. The summed E-state index contributed by atoms with van der Waals surface area (Å²) in [4.78, 5) is 21.1. The van der Waals surface area contributed by atoms with E-state index in [1.807, 2.05) is 45.0 Å². The zero-order valence-electron chi connectivity index (χ0n) is 15.2. The summed E-state index contributed by atoms with van der Waals surface area (Å²) < 4.78 is 1.71. The molecule has 0 aliphatic rings. The number of aromatic nitrogens is 4. The van der Waals surface area contributed by atoms with Gasteiger partial charge in [-0.3, -0.25) is 4.79 Å². The number of halogens is 1. The van der Waals surface area contributed by atoms with Crippen LogP contribution in [0.4, 0.5) is 0 Å². The fraction of sp³-hybridized carbons (Fsp3) is 0.368. The smallest absolute Gasteiger partial charge is 0.252 e. The molecule has 1 aromatic carbocycles. The van der Waals surface area contributed by atoms with Gasteiger partial charge in [-0.25, -0.2) is 9.50 Å². The SMILES string of the molecule is CCC(NC(=O)CCc1c(C)nc2ncnn2c1C)c1cccc(Cl)c1. The van der Waals surface area contributed by atoms with Crippen LogP contribution in [0.5, 0.6) is 0 Å². The highest BCUT2D eigenvalue weighted by atomic mass is 35.5. The molecule has 6 nitrogen and oxygen atoms in total. The highest BCUT2D eigenvalue weighted by Crippen LogP contribution is 2.21. The minimum atomic E-state index is -0.0423. The van der Waals surface area contributed by atoms with E-state index in [1.54, 1.807) is 4.52 Å². The zero-order valence-corrected chi connectivity index (χ0v) is 15.9. The maximum Gasteiger partial charge on any atom is 0.252 e. The number of benzene rings is 1. The van der Waals surface area contributed by atoms with Gasteiger partial charge in [0.25, 0.3) is 5.78 Å². The fourth-order valence-electron chi connectivity index (χ4n) is 3.17. The van der Waals surface area contributed by atoms with Crippen LogP contribution < -0.4 is 5.32 Å². The van der Waals surface area contributed by atoms with Gasteiger partial charge in [0.05, 0.1) is 6.04 Å². The van der Waals surface area contributed by atoms with Crippen molar-refractivity contribution in [2.24, 2.45) is 0 Å². The Labute approximate surface area is 157 Å². The lowest BCUT2D eigenvalue weighted by molar-refractivity contribution is -0.121. The fourth-order valence-corrected chi connectivity index (χ4v) is 3.37. The number of hydrogen-bond donors (Lipinski definition) is 1. The molecule has 0 spiro atoms. The van der Waals surface area contributed by atoms with E-state index in [2.05, 4.69) is 20.4 Å². The van der Waals surface area contributed by atoms with Crippen LogP contribution in [-0.2, 0) is 11.2 Å². The largest absolute Gasteiger partial charge is 0.349 e. The van der Waals surface area contributed by atoms with Gasteiger partial charge in [-0.2, -0.15) is 10.1 Å². The topological polar surface area (TPSA) is 72.2 Å². The van der Waals surface area contributed by atoms with Crippen molar-refractivity contribution < 1.29 is 4.79 Å². The maximum atomic E-state index is 12.5. The number of amides is 1. The number of nitrogens with zero attached hydrogens (tertiary/aromatic N) is 4. The summed E-state index contributed by atoms with van der Waals surface area (Å²) in [7, 11) is 0. The van der Waals surface area contributed by atoms with Crippen molar-refractivity contribution in [1.82, 2.24) is 24.9 Å². The quantitative estimate of drug-likeness (QED) is 0.718. The third-order valence-corrected chi connectivity index (χ3v) is 4.82. The second-order valence-electron chi connectivity index (χ2n) is 6.32. The van der Waals surface area contributed by atoms with Crippen LogP contribution in [0.1, 0.15) is 48.3 Å². The molecule has 1 N–H and O–H groups in total. The molecule has 1 unspecified atom stereocenters. The van der Waals surface area contributed by atoms with Crippen LogP contribution >= 0.6 is 11.6 Å². The number of rotatable bonds is 6. The van der Waals surface area contributed by atoms with Crippen LogP contribution in [-0.4, -0.2) is 25.5 Å². The highest BCUT2D eigenvalue weighted by molar-refractivity contribution is 6.30. The summed E-state index contributed by atoms with van der Waals surface area (Å²) in [5.41, 5.74) is 3.91. The van der Waals surface area contributed by atoms with Crippen molar-refractivity contribution in [2.75, 3.05) is 0 Å². The monoisotopic (exact) mass is 371 g/mol. The van der Waals surface area contributed by atoms with E-state index in [0.717, 1.165) is 28.9 Å². The molecule has 0 fully saturated rings. The molecular weight excluding hydrogens is 350 g/mol. The van der Waals surface area contributed by atoms with Gasteiger partial charge in [-0.1, -0.05) is 30.7 Å². The van der Waals surface area contributed by atoms with Crippen molar-refractivity contribution >= 4 is 23.3 Å². The van der Waals surface area contributed by atoms with Gasteiger partial charge in [-0.05, 0) is 49.9 Å². The van der Waals surface area contributed by atoms with E-state index >= 15 is 0 Å². The van der Waals surface area contributed by atoms with Gasteiger partial charge >= 0.3 is 0 Å². The zero-order chi connectivity index (χ0) is 18.7. The summed E-state index contributed by atoms with van der Waals surface area (Å²) in [6.45, 7) is 5.96. The summed E-state index contributed by atoms with van der Waals surface area (Å²) >= 11 is 6.06. The molecule has 0 saturated heterocycles. The molecule has 0 aliphatic carbocycles. The molecule has 7 heteroatoms. The van der Waals surface area contributed by atoms with Gasteiger partial charge in [0.2, 0.25) is 5.91 Å². The van der Waals surface area contributed by atoms with Crippen LogP contribution in [0.25, 0.3) is 5.78 Å². The standard InChI is InChI=1S/C19H22ClN5O/c1-4-17(14-6-5-7-15(20)10-14)24-18(26)9-8-16-12(2)23-19-21-11-22-25(19)13(16)3/h5-7,10-11,17H,4,8-9H2,1-3H3,(H,24,26). The molecule has 2 aromatic heterocycles. The minimum absolute atomic E-state index is 0.00862. The second-order valence-corrected chi connectivity index (χ2v) is 6.75. The van der Waals surface area contributed by atoms with Crippen molar-refractivity contribution in [1.29, 1.82) is 0 Å². The van der Waals surface area contributed by atoms with Gasteiger partial charge < -0.3 is 5.32 Å². The molecule has 3 aromatic rings. The Balaban J connectivity index is 1.69. The first-order valence-corrected chi connectivity index (χ1v) is 9.08. The first-order chi connectivity index (χ1) is 12.5. The maximum absolute atomic E-state index is 12.5. The molecule has 1 amide bonds. The highest BCUT2D eigenvalue weighted by Gasteiger charge is 2.16. The molecule has 0 bridgehead atoms. The normalized spacial score (nSPS) is 12.3. The predicted octanol–water partition coefficient (Wildman–Crippen LogP) is 3.59. The second kappa shape index (κ2) is 7.83. The van der Waals surface area contributed by atoms with E-state index in [1.165, 1.54) is 6.33 Å². The summed E-state index contributed by atoms with van der Waals surface area (Å²) in [5, 5.41) is 7.96. The Bertz CT molecular complexity index is 937. The Morgan fingerprint density at radius 2 is 2.15 bits per heavy atom. The summed E-state index contributed by atoms with van der Waals surface area (Å²) in [6, 6.07) is 7.57. The molecule has 3 rings (SSSR count). The Hall–Kier alpha value is -2.47. The average molecular weight is 372 g/mol. The summed E-state index contributed by atoms with van der Waals surface area (Å²) in [6.07, 6.45) is 3.29. The molecule has 2 heterocycles. The molecule has 136 valence electrons. The van der Waals surface area contributed by atoms with E-state index in [4.69, 9.17) is 11.6 Å². The van der Waals surface area contributed by atoms with Gasteiger partial charge in [0.1, 0.15) is 6.33 Å². The van der Waals surface area contributed by atoms with Gasteiger partial charge in [0, 0.05) is 22.8 Å². The van der Waals surface area contributed by atoms with Gasteiger partial charge in [0.15, 0.2) is 0 Å². The molecular formula is C19H22ClN5O. The van der Waals surface area contributed by atoms with Crippen LogP contribution in [0.3, 0.4) is 0 Å². The van der Waals surface area contributed by atoms with E-state index in [0.29, 0.717) is 23.6 Å². The van der Waals surface area contributed by atoms with E-state index in [-0.39, 0.29) is 11.9 Å². The number of hydrogen-bond acceptors (Lipinski definition) is 4. The molecule has 0 radical (unpaired) electrons. The minimum Gasteiger partial charge on any atom is -0.349 e. The predicted molar refractivity (Wildman–Crippen MR) is 101 cm³/mol. The molecule has 0 aliphatic heterocycles. The third-order valence-electron chi connectivity index (χ3n) is 4.59. The Morgan fingerprint density at radius 1 is 1.35 bits per heavy atom. The molecule has 26 heavy (non-hydrogen) atoms. The Kier molecular flexibility index (Phi) is 5.52.